The van der Waals surface area contributed by atoms with E-state index >= 15 is 0 Å². The molecule has 0 spiro atoms. The van der Waals surface area contributed by atoms with Crippen molar-refractivity contribution in [3.05, 3.63) is 105 Å². The van der Waals surface area contributed by atoms with Gasteiger partial charge in [-0.15, -0.1) is 0 Å². The van der Waals surface area contributed by atoms with Crippen molar-refractivity contribution in [2.75, 3.05) is 6.54 Å². The molecule has 3 aromatic carbocycles. The van der Waals surface area contributed by atoms with Crippen LogP contribution in [0.3, 0.4) is 0 Å². The second-order valence-corrected chi connectivity index (χ2v) is 8.49. The Labute approximate surface area is 194 Å². The Bertz CT molecular complexity index is 1320. The average Bonchev–Trinajstić information content (AvgIpc) is 3.26. The monoisotopic (exact) mass is 465 g/mol. The minimum absolute atomic E-state index is 0.133. The molecule has 5 rings (SSSR count). The van der Waals surface area contributed by atoms with Gasteiger partial charge < -0.3 is 4.90 Å². The highest BCUT2D eigenvalue weighted by Gasteiger charge is 2.26. The summed E-state index contributed by atoms with van der Waals surface area (Å²) in [5, 5.41) is 5.44. The quantitative estimate of drug-likeness (QED) is 0.362. The van der Waals surface area contributed by atoms with E-state index in [1.807, 2.05) is 17.0 Å². The predicted octanol–water partition coefficient (Wildman–Crippen LogP) is 6.18. The van der Waals surface area contributed by atoms with E-state index in [1.165, 1.54) is 17.7 Å². The Balaban J connectivity index is 1.57. The first-order valence-electron chi connectivity index (χ1n) is 10.2. The maximum Gasteiger partial charge on any atom is 0.272 e. The number of fused-ring (bicyclic) bond motifs is 1. The van der Waals surface area contributed by atoms with Crippen molar-refractivity contribution in [3.63, 3.8) is 0 Å². The van der Waals surface area contributed by atoms with E-state index in [-0.39, 0.29) is 11.7 Å². The van der Waals surface area contributed by atoms with Gasteiger partial charge in [0.25, 0.3) is 5.91 Å². The third-order valence-electron chi connectivity index (χ3n) is 5.63. The fraction of sp³-hybridized carbons (Fsp3) is 0.120. The van der Waals surface area contributed by atoms with Crippen molar-refractivity contribution >= 4 is 29.1 Å². The van der Waals surface area contributed by atoms with Gasteiger partial charge in [0.2, 0.25) is 0 Å². The summed E-state index contributed by atoms with van der Waals surface area (Å²) in [6, 6.07) is 21.0. The Morgan fingerprint density at radius 2 is 1.66 bits per heavy atom. The van der Waals surface area contributed by atoms with Gasteiger partial charge in [-0.3, -0.25) is 4.79 Å². The normalized spacial score (nSPS) is 13.2. The molecule has 1 aliphatic heterocycles. The minimum atomic E-state index is -0.332. The summed E-state index contributed by atoms with van der Waals surface area (Å²) in [5.41, 5.74) is 4.71. The minimum Gasteiger partial charge on any atom is -0.333 e. The highest BCUT2D eigenvalue weighted by atomic mass is 35.5. The highest BCUT2D eigenvalue weighted by Crippen LogP contribution is 2.29. The number of hydrogen-bond donors (Lipinski definition) is 0. The number of nitrogens with zero attached hydrogens (tertiary/aromatic N) is 3. The van der Waals surface area contributed by atoms with Crippen molar-refractivity contribution in [1.82, 2.24) is 14.7 Å². The van der Waals surface area contributed by atoms with Gasteiger partial charge >= 0.3 is 0 Å². The molecule has 4 aromatic rings. The van der Waals surface area contributed by atoms with E-state index in [9.17, 15) is 9.18 Å². The van der Waals surface area contributed by atoms with Gasteiger partial charge in [0.05, 0.1) is 21.4 Å². The van der Waals surface area contributed by atoms with Crippen LogP contribution < -0.4 is 0 Å². The molecule has 0 N–H and O–H groups in total. The number of hydrogen-bond acceptors (Lipinski definition) is 2. The Kier molecular flexibility index (Phi) is 5.45. The van der Waals surface area contributed by atoms with Crippen LogP contribution in [0.15, 0.2) is 72.8 Å². The summed E-state index contributed by atoms with van der Waals surface area (Å²) in [4.78, 5) is 15.4. The van der Waals surface area contributed by atoms with Gasteiger partial charge in [-0.2, -0.15) is 5.10 Å². The molecule has 0 atom stereocenters. The summed E-state index contributed by atoms with van der Waals surface area (Å²) in [5.74, 6) is -0.465. The molecular weight excluding hydrogens is 448 g/mol. The Morgan fingerprint density at radius 3 is 2.41 bits per heavy atom. The molecule has 0 aliphatic carbocycles. The van der Waals surface area contributed by atoms with Crippen LogP contribution in [0, 0.1) is 5.82 Å². The van der Waals surface area contributed by atoms with Crippen LogP contribution in [0.25, 0.3) is 16.9 Å². The van der Waals surface area contributed by atoms with Crippen molar-refractivity contribution in [2.24, 2.45) is 0 Å². The van der Waals surface area contributed by atoms with Crippen molar-refractivity contribution < 1.29 is 9.18 Å². The van der Waals surface area contributed by atoms with Crippen LogP contribution in [0.1, 0.15) is 21.6 Å². The van der Waals surface area contributed by atoms with Crippen LogP contribution in [0.4, 0.5) is 4.39 Å². The second kappa shape index (κ2) is 8.41. The van der Waals surface area contributed by atoms with Crippen LogP contribution in [0.5, 0.6) is 0 Å². The molecule has 1 aliphatic rings. The maximum absolute atomic E-state index is 13.6. The molecule has 0 radical (unpaired) electrons. The second-order valence-electron chi connectivity index (χ2n) is 7.68. The van der Waals surface area contributed by atoms with Crippen molar-refractivity contribution in [1.29, 1.82) is 0 Å². The molecule has 0 fully saturated rings. The molecule has 160 valence electrons. The fourth-order valence-corrected chi connectivity index (χ4v) is 4.23. The van der Waals surface area contributed by atoms with E-state index in [1.54, 1.807) is 41.1 Å². The molecule has 2 heterocycles. The molecule has 7 heteroatoms. The third kappa shape index (κ3) is 3.90. The topological polar surface area (TPSA) is 38.1 Å². The summed E-state index contributed by atoms with van der Waals surface area (Å²) >= 11 is 12.3. The number of halogens is 3. The number of carbonyl (C=O) groups is 1. The number of carbonyl (C=O) groups excluding carboxylic acids is 1. The van der Waals surface area contributed by atoms with Gasteiger partial charge in [-0.1, -0.05) is 47.5 Å². The summed E-state index contributed by atoms with van der Waals surface area (Å²) < 4.78 is 15.0. The Morgan fingerprint density at radius 1 is 0.906 bits per heavy atom. The van der Waals surface area contributed by atoms with Crippen LogP contribution >= 0.6 is 23.2 Å². The predicted molar refractivity (Wildman–Crippen MR) is 124 cm³/mol. The van der Waals surface area contributed by atoms with Crippen LogP contribution in [0.2, 0.25) is 10.0 Å². The standard InChI is InChI=1S/C25H18Cl2FN3O/c26-21-10-9-20(13-22(21)27)31-24(14-23(29-31)17-5-7-19(28)8-6-17)25(32)30-12-11-16-3-1-2-4-18(16)15-30/h1-10,13-14H,11-12,15H2. The number of benzene rings is 3. The first-order valence-corrected chi connectivity index (χ1v) is 10.9. The van der Waals surface area contributed by atoms with Gasteiger partial charge in [-0.05, 0) is 66.1 Å². The maximum atomic E-state index is 13.6. The molecule has 1 amide bonds. The number of rotatable bonds is 3. The fourth-order valence-electron chi connectivity index (χ4n) is 3.94. The van der Waals surface area contributed by atoms with Crippen LogP contribution in [-0.4, -0.2) is 27.1 Å². The number of aromatic nitrogens is 2. The van der Waals surface area contributed by atoms with E-state index in [2.05, 4.69) is 17.2 Å². The summed E-state index contributed by atoms with van der Waals surface area (Å²) in [7, 11) is 0. The van der Waals surface area contributed by atoms with E-state index in [4.69, 9.17) is 23.2 Å². The van der Waals surface area contributed by atoms with Gasteiger partial charge in [0.1, 0.15) is 11.5 Å². The largest absolute Gasteiger partial charge is 0.333 e. The number of amides is 1. The van der Waals surface area contributed by atoms with Gasteiger partial charge in [-0.25, -0.2) is 9.07 Å². The Hall–Kier alpha value is -3.15. The molecule has 0 saturated heterocycles. The van der Waals surface area contributed by atoms with Crippen molar-refractivity contribution in [2.45, 2.75) is 13.0 Å². The van der Waals surface area contributed by atoms with Crippen LogP contribution in [-0.2, 0) is 13.0 Å². The lowest BCUT2D eigenvalue weighted by Crippen LogP contribution is -2.37. The zero-order valence-electron chi connectivity index (χ0n) is 16.9. The highest BCUT2D eigenvalue weighted by molar-refractivity contribution is 6.42. The molecule has 0 saturated carbocycles. The van der Waals surface area contributed by atoms with E-state index < -0.39 is 0 Å². The smallest absolute Gasteiger partial charge is 0.272 e. The molecule has 1 aromatic heterocycles. The first kappa shape index (κ1) is 20.7. The third-order valence-corrected chi connectivity index (χ3v) is 6.37. The SMILES string of the molecule is O=C(c1cc(-c2ccc(F)cc2)nn1-c1ccc(Cl)c(Cl)c1)N1CCc2ccccc2C1. The lowest BCUT2D eigenvalue weighted by molar-refractivity contribution is 0.0725. The molecular formula is C25H18Cl2FN3O. The lowest BCUT2D eigenvalue weighted by atomic mass is 9.99. The zero-order chi connectivity index (χ0) is 22.2. The molecule has 32 heavy (non-hydrogen) atoms. The van der Waals surface area contributed by atoms with Crippen molar-refractivity contribution in [3.8, 4) is 16.9 Å². The van der Waals surface area contributed by atoms with Gasteiger partial charge in [0, 0.05) is 18.7 Å². The van der Waals surface area contributed by atoms with E-state index in [0.717, 1.165) is 12.0 Å². The zero-order valence-corrected chi connectivity index (χ0v) is 18.4. The molecule has 0 bridgehead atoms. The molecule has 0 unspecified atom stereocenters. The van der Waals surface area contributed by atoms with E-state index in [0.29, 0.717) is 45.8 Å². The summed E-state index contributed by atoms with van der Waals surface area (Å²) in [6.45, 7) is 1.15. The lowest BCUT2D eigenvalue weighted by Gasteiger charge is -2.29. The molecule has 4 nitrogen and oxygen atoms in total. The average molecular weight is 466 g/mol. The first-order chi connectivity index (χ1) is 15.5. The summed E-state index contributed by atoms with van der Waals surface area (Å²) in [6.07, 6.45) is 0.799. The van der Waals surface area contributed by atoms with Gasteiger partial charge in [0.15, 0.2) is 0 Å².